The Kier molecular flexibility index (Phi) is 7.73. The second kappa shape index (κ2) is 13.2. The van der Waals surface area contributed by atoms with Crippen LogP contribution in [0.2, 0.25) is 0 Å². The van der Waals surface area contributed by atoms with E-state index in [2.05, 4.69) is 180 Å². The van der Waals surface area contributed by atoms with Crippen molar-refractivity contribution in [2.24, 2.45) is 0 Å². The van der Waals surface area contributed by atoms with Crippen LogP contribution >= 0.6 is 15.8 Å². The molecule has 3 heterocycles. The molecule has 0 aliphatic heterocycles. The van der Waals surface area contributed by atoms with Crippen LogP contribution in [0.4, 0.5) is 0 Å². The summed E-state index contributed by atoms with van der Waals surface area (Å²) in [5.74, 6) is 0. The van der Waals surface area contributed by atoms with Crippen LogP contribution in [-0.2, 0) is 0 Å². The van der Waals surface area contributed by atoms with Gasteiger partial charge < -0.3 is 0 Å². The minimum absolute atomic E-state index is 0.836. The van der Waals surface area contributed by atoms with Gasteiger partial charge in [0.05, 0.1) is 22.1 Å². The van der Waals surface area contributed by atoms with Gasteiger partial charge in [0.1, 0.15) is 5.65 Å². The minimum Gasteiger partial charge on any atom is -0.292 e. The van der Waals surface area contributed by atoms with Crippen molar-refractivity contribution in [1.82, 2.24) is 19.4 Å². The molecule has 0 amide bonds. The van der Waals surface area contributed by atoms with E-state index in [1.807, 2.05) is 18.3 Å². The Morgan fingerprint density at radius 2 is 1.05 bits per heavy atom. The molecule has 0 N–H and O–H groups in total. The van der Waals surface area contributed by atoms with Crippen LogP contribution in [0.1, 0.15) is 0 Å². The highest BCUT2D eigenvalue weighted by atomic mass is 31.1. The van der Waals surface area contributed by atoms with Crippen LogP contribution in [0.15, 0.2) is 194 Å². The van der Waals surface area contributed by atoms with Crippen LogP contribution in [-0.4, -0.2) is 19.4 Å². The summed E-state index contributed by atoms with van der Waals surface area (Å²) in [5.41, 5.74) is 5.96. The first-order valence-corrected chi connectivity index (χ1v) is 21.1. The molecule has 4 nitrogen and oxygen atoms in total. The first kappa shape index (κ1) is 32.1. The molecule has 0 aliphatic carbocycles. The number of hydrogen-bond acceptors (Lipinski definition) is 3. The maximum atomic E-state index is 5.45. The van der Waals surface area contributed by atoms with E-state index in [0.29, 0.717) is 0 Å². The van der Waals surface area contributed by atoms with Crippen LogP contribution in [0.25, 0.3) is 60.0 Å². The van der Waals surface area contributed by atoms with Crippen LogP contribution in [0, 0.1) is 0 Å². The number of rotatable bonds is 6. The van der Waals surface area contributed by atoms with Gasteiger partial charge in [-0.2, -0.15) is 0 Å². The molecule has 3 aromatic heterocycles. The summed E-state index contributed by atoms with van der Waals surface area (Å²) in [6.07, 6.45) is 1.97. The molecular formula is C49H32N4P2. The predicted octanol–water partition coefficient (Wildman–Crippen LogP) is 9.41. The molecule has 0 bridgehead atoms. The quantitative estimate of drug-likeness (QED) is 0.126. The lowest BCUT2D eigenvalue weighted by molar-refractivity contribution is 1.30. The Bertz CT molecular complexity index is 3120. The largest absolute Gasteiger partial charge is 0.292 e. The lowest BCUT2D eigenvalue weighted by atomic mass is 10.1. The molecule has 0 radical (unpaired) electrons. The Morgan fingerprint density at radius 1 is 0.400 bits per heavy atom. The molecule has 1 atom stereocenters. The molecule has 0 saturated carbocycles. The Balaban J connectivity index is 1.17. The van der Waals surface area contributed by atoms with Gasteiger partial charge >= 0.3 is 0 Å². The molecule has 11 aromatic rings. The van der Waals surface area contributed by atoms with Crippen molar-refractivity contribution in [3.8, 4) is 0 Å². The zero-order chi connectivity index (χ0) is 36.3. The van der Waals surface area contributed by atoms with E-state index in [9.17, 15) is 0 Å². The monoisotopic (exact) mass is 738 g/mol. The van der Waals surface area contributed by atoms with Gasteiger partial charge in [-0.05, 0) is 80.9 Å². The van der Waals surface area contributed by atoms with Crippen molar-refractivity contribution in [2.75, 3.05) is 0 Å². The van der Waals surface area contributed by atoms with Crippen molar-refractivity contribution in [3.05, 3.63) is 194 Å². The zero-order valence-electron chi connectivity index (χ0n) is 29.7. The molecule has 8 aromatic carbocycles. The van der Waals surface area contributed by atoms with Gasteiger partial charge in [-0.15, -0.1) is 0 Å². The molecule has 258 valence electrons. The van der Waals surface area contributed by atoms with Gasteiger partial charge in [-0.25, -0.2) is 15.0 Å². The fourth-order valence-corrected chi connectivity index (χ4v) is 12.6. The van der Waals surface area contributed by atoms with Gasteiger partial charge in [0.25, 0.3) is 0 Å². The molecule has 55 heavy (non-hydrogen) atoms. The molecule has 0 saturated heterocycles. The third-order valence-corrected chi connectivity index (χ3v) is 15.2. The van der Waals surface area contributed by atoms with E-state index < -0.39 is 15.8 Å². The average Bonchev–Trinajstić information content (AvgIpc) is 3.64. The number of pyridine rings is 1. The maximum absolute atomic E-state index is 5.45. The smallest absolute Gasteiger partial charge is 0.160 e. The molecular weight excluding hydrogens is 707 g/mol. The number of hydrogen-bond donors (Lipinski definition) is 0. The molecule has 1 unspecified atom stereocenters. The van der Waals surface area contributed by atoms with Gasteiger partial charge in [0, 0.05) is 30.3 Å². The van der Waals surface area contributed by atoms with E-state index >= 15 is 0 Å². The second-order valence-electron chi connectivity index (χ2n) is 13.8. The van der Waals surface area contributed by atoms with E-state index in [1.165, 1.54) is 48.1 Å². The number of para-hydroxylation sites is 1. The summed E-state index contributed by atoms with van der Waals surface area (Å²) in [4.78, 5) is 15.7. The third kappa shape index (κ3) is 5.41. The van der Waals surface area contributed by atoms with Gasteiger partial charge in [0.15, 0.2) is 5.57 Å². The van der Waals surface area contributed by atoms with E-state index in [0.717, 1.165) is 44.1 Å². The first-order chi connectivity index (χ1) is 27.3. The first-order valence-electron chi connectivity index (χ1n) is 18.5. The summed E-state index contributed by atoms with van der Waals surface area (Å²) in [6.45, 7) is 0. The van der Waals surface area contributed by atoms with Crippen LogP contribution in [0.3, 0.4) is 0 Å². The zero-order valence-corrected chi connectivity index (χ0v) is 31.4. The van der Waals surface area contributed by atoms with Crippen LogP contribution in [0.5, 0.6) is 0 Å². The standard InChI is InChI=1S/C49H32N4P2/c1-3-17-36(18-4-1)54(37-19-5-2-6-20-37)46-25-13-24-45-47(46)40-21-10-11-22-41(40)48-51-43-31-39(28-29-44(43)53(45)48)55(38-27-26-33-14-7-8-15-34(33)30-38)49-50-32-35-16-9-12-23-42(35)52-49/h1-32H. The fourth-order valence-electron chi connectivity index (χ4n) is 8.05. The Morgan fingerprint density at radius 3 is 1.85 bits per heavy atom. The lowest BCUT2D eigenvalue weighted by Gasteiger charge is -2.22. The summed E-state index contributed by atoms with van der Waals surface area (Å²) < 4.78 is 2.38. The second-order valence-corrected chi connectivity index (χ2v) is 18.1. The van der Waals surface area contributed by atoms with Crippen molar-refractivity contribution >= 4 is 108 Å². The minimum atomic E-state index is -1.10. The third-order valence-electron chi connectivity index (χ3n) is 10.5. The highest BCUT2D eigenvalue weighted by Gasteiger charge is 2.25. The molecule has 6 heteroatoms. The Hall–Kier alpha value is -6.31. The molecule has 11 rings (SSSR count). The van der Waals surface area contributed by atoms with Crippen molar-refractivity contribution < 1.29 is 0 Å². The summed E-state index contributed by atoms with van der Waals surface area (Å²) in [6, 6.07) is 68.0. The highest BCUT2D eigenvalue weighted by Crippen LogP contribution is 2.40. The highest BCUT2D eigenvalue weighted by molar-refractivity contribution is 7.80. The average molecular weight is 739 g/mol. The molecule has 0 aliphatic rings. The SMILES string of the molecule is c1ccc(P(c2ccccc2)c2cccc3c2c2ccccc2c2nc4cc(P(c5ccc6ccccc6c5)c5ncc6ccccc6n5)ccc4n32)cc1. The molecule has 0 spiro atoms. The van der Waals surface area contributed by atoms with Gasteiger partial charge in [-0.1, -0.05) is 158 Å². The van der Waals surface area contributed by atoms with Gasteiger partial charge in [-0.3, -0.25) is 4.40 Å². The number of nitrogens with zero attached hydrogens (tertiary/aromatic N) is 4. The topological polar surface area (TPSA) is 43.1 Å². The maximum Gasteiger partial charge on any atom is 0.160 e. The van der Waals surface area contributed by atoms with Crippen molar-refractivity contribution in [3.63, 3.8) is 0 Å². The van der Waals surface area contributed by atoms with E-state index in [4.69, 9.17) is 15.0 Å². The van der Waals surface area contributed by atoms with E-state index in [-0.39, 0.29) is 0 Å². The molecule has 0 fully saturated rings. The summed E-state index contributed by atoms with van der Waals surface area (Å²) in [5, 5.41) is 13.5. The normalized spacial score (nSPS) is 12.5. The van der Waals surface area contributed by atoms with E-state index in [1.54, 1.807) is 0 Å². The van der Waals surface area contributed by atoms with Gasteiger partial charge in [0.2, 0.25) is 0 Å². The predicted molar refractivity (Wildman–Crippen MR) is 236 cm³/mol. The Labute approximate surface area is 320 Å². The van der Waals surface area contributed by atoms with Crippen molar-refractivity contribution in [2.45, 2.75) is 0 Å². The number of imidazole rings is 1. The van der Waals surface area contributed by atoms with Crippen LogP contribution < -0.4 is 32.1 Å². The van der Waals surface area contributed by atoms with Crippen molar-refractivity contribution in [1.29, 1.82) is 0 Å². The summed E-state index contributed by atoms with van der Waals surface area (Å²) >= 11 is 0. The fraction of sp³-hybridized carbons (Fsp3) is 0. The number of fused-ring (bicyclic) bond motifs is 10. The number of benzene rings is 8. The number of aromatic nitrogens is 4. The summed E-state index contributed by atoms with van der Waals surface area (Å²) in [7, 11) is -1.94. The lowest BCUT2D eigenvalue weighted by Crippen LogP contribution is -2.25.